The Morgan fingerprint density at radius 2 is 1.33 bits per heavy atom. The summed E-state index contributed by atoms with van der Waals surface area (Å²) >= 11 is 0. The van der Waals surface area contributed by atoms with E-state index in [0.717, 1.165) is 0 Å². The van der Waals surface area contributed by atoms with Crippen LogP contribution in [0.1, 0.15) is 19.3 Å². The van der Waals surface area contributed by atoms with E-state index in [2.05, 4.69) is 0 Å². The van der Waals surface area contributed by atoms with Crippen LogP contribution in [0.3, 0.4) is 0 Å². The highest BCUT2D eigenvalue weighted by atomic mass is 19.4. The molecule has 1 fully saturated rings. The molecular formula is C7H11F3O2. The fourth-order valence-corrected chi connectivity index (χ4v) is 1.53. The van der Waals surface area contributed by atoms with Crippen LogP contribution in [-0.4, -0.2) is 28.6 Å². The second kappa shape index (κ2) is 3.22. The van der Waals surface area contributed by atoms with Crippen molar-refractivity contribution in [3.05, 3.63) is 0 Å². The number of hydrogen-bond acceptors (Lipinski definition) is 2. The van der Waals surface area contributed by atoms with Gasteiger partial charge in [0, 0.05) is 0 Å². The lowest BCUT2D eigenvalue weighted by molar-refractivity contribution is -0.199. The highest BCUT2D eigenvalue weighted by Gasteiger charge is 2.44. The number of aliphatic hydroxyl groups is 2. The van der Waals surface area contributed by atoms with Crippen molar-refractivity contribution in [2.45, 2.75) is 37.6 Å². The predicted molar refractivity (Wildman–Crippen MR) is 35.4 cm³/mol. The van der Waals surface area contributed by atoms with E-state index in [9.17, 15) is 13.2 Å². The molecule has 1 rings (SSSR count). The van der Waals surface area contributed by atoms with Gasteiger partial charge in [-0.2, -0.15) is 13.2 Å². The Kier molecular flexibility index (Phi) is 2.63. The molecule has 5 heteroatoms. The van der Waals surface area contributed by atoms with Crippen LogP contribution in [0.4, 0.5) is 13.2 Å². The highest BCUT2D eigenvalue weighted by molar-refractivity contribution is 4.81. The molecule has 2 N–H and O–H groups in total. The van der Waals surface area contributed by atoms with Crippen molar-refractivity contribution in [1.29, 1.82) is 0 Å². The van der Waals surface area contributed by atoms with Gasteiger partial charge in [-0.05, 0) is 19.3 Å². The minimum Gasteiger partial charge on any atom is -0.393 e. The molecule has 0 bridgehead atoms. The van der Waals surface area contributed by atoms with Crippen LogP contribution in [0.2, 0.25) is 0 Å². The minimum atomic E-state index is -4.29. The summed E-state index contributed by atoms with van der Waals surface area (Å²) < 4.78 is 36.2. The SMILES string of the molecule is O[C@@H]1CC(C(F)(F)F)C[C@@H](O)C1. The van der Waals surface area contributed by atoms with E-state index >= 15 is 0 Å². The maximum absolute atomic E-state index is 12.1. The molecule has 0 aliphatic heterocycles. The Bertz CT molecular complexity index is 147. The summed E-state index contributed by atoms with van der Waals surface area (Å²) in [4.78, 5) is 0. The largest absolute Gasteiger partial charge is 0.393 e. The highest BCUT2D eigenvalue weighted by Crippen LogP contribution is 2.37. The number of hydrogen-bond donors (Lipinski definition) is 2. The Hall–Kier alpha value is -0.290. The van der Waals surface area contributed by atoms with Gasteiger partial charge in [0.2, 0.25) is 0 Å². The summed E-state index contributed by atoms with van der Waals surface area (Å²) in [5, 5.41) is 17.9. The second-order valence-corrected chi connectivity index (χ2v) is 3.25. The molecule has 1 aliphatic rings. The Morgan fingerprint density at radius 3 is 1.67 bits per heavy atom. The van der Waals surface area contributed by atoms with E-state index in [1.165, 1.54) is 0 Å². The summed E-state index contributed by atoms with van der Waals surface area (Å²) in [6.45, 7) is 0. The Labute approximate surface area is 68.0 Å². The molecule has 2 nitrogen and oxygen atoms in total. The van der Waals surface area contributed by atoms with Crippen molar-refractivity contribution in [1.82, 2.24) is 0 Å². The first-order valence-electron chi connectivity index (χ1n) is 3.82. The molecular weight excluding hydrogens is 173 g/mol. The fourth-order valence-electron chi connectivity index (χ4n) is 1.53. The summed E-state index contributed by atoms with van der Waals surface area (Å²) in [7, 11) is 0. The van der Waals surface area contributed by atoms with Crippen LogP contribution >= 0.6 is 0 Å². The lowest BCUT2D eigenvalue weighted by Gasteiger charge is -2.30. The topological polar surface area (TPSA) is 40.5 Å². The van der Waals surface area contributed by atoms with Gasteiger partial charge in [0.1, 0.15) is 0 Å². The maximum Gasteiger partial charge on any atom is 0.392 e. The summed E-state index contributed by atoms with van der Waals surface area (Å²) in [6.07, 6.45) is -6.81. The number of rotatable bonds is 0. The molecule has 0 aromatic carbocycles. The monoisotopic (exact) mass is 184 g/mol. The third kappa shape index (κ3) is 2.35. The molecule has 0 unspecified atom stereocenters. The average molecular weight is 184 g/mol. The smallest absolute Gasteiger partial charge is 0.392 e. The first-order valence-corrected chi connectivity index (χ1v) is 3.82. The molecule has 0 heterocycles. The third-order valence-corrected chi connectivity index (χ3v) is 2.12. The van der Waals surface area contributed by atoms with Gasteiger partial charge in [-0.25, -0.2) is 0 Å². The fraction of sp³-hybridized carbons (Fsp3) is 1.00. The van der Waals surface area contributed by atoms with E-state index in [1.54, 1.807) is 0 Å². The van der Waals surface area contributed by atoms with Crippen LogP contribution in [0.25, 0.3) is 0 Å². The van der Waals surface area contributed by atoms with E-state index in [4.69, 9.17) is 10.2 Å². The molecule has 0 amide bonds. The Morgan fingerprint density at radius 1 is 0.917 bits per heavy atom. The second-order valence-electron chi connectivity index (χ2n) is 3.25. The zero-order valence-corrected chi connectivity index (χ0v) is 6.38. The van der Waals surface area contributed by atoms with Gasteiger partial charge in [0.05, 0.1) is 18.1 Å². The molecule has 0 saturated heterocycles. The van der Waals surface area contributed by atoms with Gasteiger partial charge >= 0.3 is 6.18 Å². The molecule has 0 aromatic heterocycles. The number of aliphatic hydroxyl groups excluding tert-OH is 2. The van der Waals surface area contributed by atoms with Crippen molar-refractivity contribution in [2.24, 2.45) is 5.92 Å². The predicted octanol–water partition coefficient (Wildman–Crippen LogP) is 1.07. The van der Waals surface area contributed by atoms with Crippen LogP contribution in [-0.2, 0) is 0 Å². The Balaban J connectivity index is 2.55. The van der Waals surface area contributed by atoms with Crippen molar-refractivity contribution in [3.63, 3.8) is 0 Å². The quantitative estimate of drug-likeness (QED) is 0.591. The van der Waals surface area contributed by atoms with Crippen molar-refractivity contribution in [3.8, 4) is 0 Å². The summed E-state index contributed by atoms with van der Waals surface area (Å²) in [5.41, 5.74) is 0. The zero-order valence-electron chi connectivity index (χ0n) is 6.38. The lowest BCUT2D eigenvalue weighted by Crippen LogP contribution is -2.37. The van der Waals surface area contributed by atoms with Crippen LogP contribution in [0, 0.1) is 5.92 Å². The molecule has 12 heavy (non-hydrogen) atoms. The molecule has 0 radical (unpaired) electrons. The van der Waals surface area contributed by atoms with Crippen LogP contribution in [0.5, 0.6) is 0 Å². The summed E-state index contributed by atoms with van der Waals surface area (Å²) in [5.74, 6) is -1.55. The van der Waals surface area contributed by atoms with E-state index < -0.39 is 24.3 Å². The molecule has 72 valence electrons. The van der Waals surface area contributed by atoms with Gasteiger partial charge in [-0.1, -0.05) is 0 Å². The maximum atomic E-state index is 12.1. The average Bonchev–Trinajstić information content (AvgIpc) is 1.82. The molecule has 1 aliphatic carbocycles. The normalized spacial score (nSPS) is 38.2. The van der Waals surface area contributed by atoms with E-state index in [1.807, 2.05) is 0 Å². The van der Waals surface area contributed by atoms with Crippen molar-refractivity contribution >= 4 is 0 Å². The number of alkyl halides is 3. The van der Waals surface area contributed by atoms with Crippen molar-refractivity contribution in [2.75, 3.05) is 0 Å². The van der Waals surface area contributed by atoms with Gasteiger partial charge in [0.25, 0.3) is 0 Å². The molecule has 0 spiro atoms. The van der Waals surface area contributed by atoms with Gasteiger partial charge in [-0.15, -0.1) is 0 Å². The zero-order chi connectivity index (χ0) is 9.35. The molecule has 1 saturated carbocycles. The minimum absolute atomic E-state index is 0.0621. The van der Waals surface area contributed by atoms with Gasteiger partial charge in [0.15, 0.2) is 0 Å². The van der Waals surface area contributed by atoms with E-state index in [-0.39, 0.29) is 19.3 Å². The van der Waals surface area contributed by atoms with Gasteiger partial charge < -0.3 is 10.2 Å². The summed E-state index contributed by atoms with van der Waals surface area (Å²) in [6, 6.07) is 0. The first-order chi connectivity index (χ1) is 5.39. The number of halogens is 3. The van der Waals surface area contributed by atoms with Crippen LogP contribution in [0.15, 0.2) is 0 Å². The lowest BCUT2D eigenvalue weighted by atomic mass is 9.85. The first kappa shape index (κ1) is 9.80. The third-order valence-electron chi connectivity index (χ3n) is 2.12. The van der Waals surface area contributed by atoms with Gasteiger partial charge in [-0.3, -0.25) is 0 Å². The standard InChI is InChI=1S/C7H11F3O2/c8-7(9,10)4-1-5(11)3-6(12)2-4/h4-6,11-12H,1-3H2/t5-,6-/m1/s1. The molecule has 0 aromatic rings. The van der Waals surface area contributed by atoms with Crippen molar-refractivity contribution < 1.29 is 23.4 Å². The van der Waals surface area contributed by atoms with E-state index in [0.29, 0.717) is 0 Å². The molecule has 2 atom stereocenters. The van der Waals surface area contributed by atoms with Crippen LogP contribution < -0.4 is 0 Å².